The maximum atomic E-state index is 8.57. The minimum atomic E-state index is 0.596. The zero-order chi connectivity index (χ0) is 9.10. The SMILES string of the molecule is N#Cc1ccc(-c2ccsc2)nc1. The van der Waals surface area contributed by atoms with Crippen LogP contribution in [0.25, 0.3) is 11.3 Å². The van der Waals surface area contributed by atoms with Gasteiger partial charge < -0.3 is 0 Å². The van der Waals surface area contributed by atoms with Gasteiger partial charge in [0.1, 0.15) is 6.07 Å². The van der Waals surface area contributed by atoms with E-state index in [4.69, 9.17) is 5.26 Å². The second-order valence-electron chi connectivity index (χ2n) is 2.56. The van der Waals surface area contributed by atoms with Crippen molar-refractivity contribution >= 4 is 11.3 Å². The maximum Gasteiger partial charge on any atom is 0.101 e. The standard InChI is InChI=1S/C10H6N2S/c11-5-8-1-2-10(12-6-8)9-3-4-13-7-9/h1-4,6-7H. The Balaban J connectivity index is 2.40. The molecule has 2 aromatic heterocycles. The monoisotopic (exact) mass is 186 g/mol. The van der Waals surface area contributed by atoms with E-state index in [0.717, 1.165) is 11.3 Å². The number of aromatic nitrogens is 1. The molecule has 2 aromatic rings. The first-order valence-corrected chi connectivity index (χ1v) is 4.73. The number of nitrogens with zero attached hydrogens (tertiary/aromatic N) is 2. The minimum Gasteiger partial charge on any atom is -0.255 e. The highest BCUT2D eigenvalue weighted by molar-refractivity contribution is 7.08. The van der Waals surface area contributed by atoms with Crippen LogP contribution in [-0.4, -0.2) is 4.98 Å². The molecule has 0 unspecified atom stereocenters. The van der Waals surface area contributed by atoms with Crippen molar-refractivity contribution in [2.24, 2.45) is 0 Å². The molecule has 0 spiro atoms. The van der Waals surface area contributed by atoms with Crippen LogP contribution in [0.4, 0.5) is 0 Å². The van der Waals surface area contributed by atoms with Gasteiger partial charge in [-0.3, -0.25) is 4.98 Å². The molecule has 0 radical (unpaired) electrons. The van der Waals surface area contributed by atoms with E-state index in [1.54, 1.807) is 23.6 Å². The van der Waals surface area contributed by atoms with Gasteiger partial charge in [0.2, 0.25) is 0 Å². The van der Waals surface area contributed by atoms with Crippen molar-refractivity contribution in [3.05, 3.63) is 40.7 Å². The number of thiophene rings is 1. The molecule has 2 rings (SSSR count). The first kappa shape index (κ1) is 7.96. The predicted molar refractivity (Wildman–Crippen MR) is 52.3 cm³/mol. The van der Waals surface area contributed by atoms with Crippen LogP contribution >= 0.6 is 11.3 Å². The summed E-state index contributed by atoms with van der Waals surface area (Å²) in [6.45, 7) is 0. The van der Waals surface area contributed by atoms with Crippen LogP contribution in [0.5, 0.6) is 0 Å². The minimum absolute atomic E-state index is 0.596. The molecule has 0 fully saturated rings. The molecule has 3 heteroatoms. The van der Waals surface area contributed by atoms with E-state index in [0.29, 0.717) is 5.56 Å². The Labute approximate surface area is 80.1 Å². The van der Waals surface area contributed by atoms with Crippen LogP contribution in [-0.2, 0) is 0 Å². The van der Waals surface area contributed by atoms with E-state index >= 15 is 0 Å². The zero-order valence-electron chi connectivity index (χ0n) is 6.77. The normalized spacial score (nSPS) is 9.46. The van der Waals surface area contributed by atoms with Crippen molar-refractivity contribution in [2.45, 2.75) is 0 Å². The molecule has 0 saturated heterocycles. The highest BCUT2D eigenvalue weighted by Gasteiger charge is 1.98. The molecule has 0 bridgehead atoms. The van der Waals surface area contributed by atoms with Crippen molar-refractivity contribution < 1.29 is 0 Å². The van der Waals surface area contributed by atoms with Crippen LogP contribution in [0.15, 0.2) is 35.2 Å². The molecule has 0 aromatic carbocycles. The Morgan fingerprint density at radius 1 is 1.31 bits per heavy atom. The Morgan fingerprint density at radius 2 is 2.23 bits per heavy atom. The molecule has 0 atom stereocenters. The third kappa shape index (κ3) is 1.58. The molecule has 62 valence electrons. The quantitative estimate of drug-likeness (QED) is 0.686. The summed E-state index contributed by atoms with van der Waals surface area (Å²) in [6, 6.07) is 7.69. The van der Waals surface area contributed by atoms with Gasteiger partial charge in [0.05, 0.1) is 11.3 Å². The van der Waals surface area contributed by atoms with Crippen molar-refractivity contribution in [2.75, 3.05) is 0 Å². The Bertz CT molecular complexity index is 423. The van der Waals surface area contributed by atoms with E-state index in [1.165, 1.54) is 0 Å². The molecule has 0 amide bonds. The molecule has 2 nitrogen and oxygen atoms in total. The number of rotatable bonds is 1. The van der Waals surface area contributed by atoms with E-state index in [2.05, 4.69) is 4.98 Å². The predicted octanol–water partition coefficient (Wildman–Crippen LogP) is 2.68. The lowest BCUT2D eigenvalue weighted by Crippen LogP contribution is -1.81. The highest BCUT2D eigenvalue weighted by Crippen LogP contribution is 2.19. The third-order valence-electron chi connectivity index (χ3n) is 1.71. The molecule has 2 heterocycles. The molecule has 0 N–H and O–H groups in total. The topological polar surface area (TPSA) is 36.7 Å². The lowest BCUT2D eigenvalue weighted by Gasteiger charge is -1.94. The van der Waals surface area contributed by atoms with Crippen LogP contribution in [0.2, 0.25) is 0 Å². The Kier molecular flexibility index (Phi) is 2.07. The smallest absolute Gasteiger partial charge is 0.101 e. The molecule has 0 saturated carbocycles. The molecule has 0 aliphatic heterocycles. The van der Waals surface area contributed by atoms with Crippen LogP contribution in [0.1, 0.15) is 5.56 Å². The van der Waals surface area contributed by atoms with Crippen LogP contribution in [0.3, 0.4) is 0 Å². The lowest BCUT2D eigenvalue weighted by atomic mass is 10.2. The van der Waals surface area contributed by atoms with Gasteiger partial charge in [0, 0.05) is 17.1 Å². The van der Waals surface area contributed by atoms with Gasteiger partial charge in [-0.15, -0.1) is 0 Å². The molecule has 0 aliphatic rings. The average Bonchev–Trinajstić information content (AvgIpc) is 2.71. The number of hydrogen-bond acceptors (Lipinski definition) is 3. The fourth-order valence-corrected chi connectivity index (χ4v) is 1.69. The highest BCUT2D eigenvalue weighted by atomic mass is 32.1. The van der Waals surface area contributed by atoms with Gasteiger partial charge in [-0.05, 0) is 23.6 Å². The summed E-state index contributed by atoms with van der Waals surface area (Å²) in [5, 5.41) is 12.6. The molecular formula is C10H6N2S. The van der Waals surface area contributed by atoms with Crippen LogP contribution < -0.4 is 0 Å². The Morgan fingerprint density at radius 3 is 2.77 bits per heavy atom. The molecule has 0 aliphatic carbocycles. The van der Waals surface area contributed by atoms with Crippen molar-refractivity contribution in [3.63, 3.8) is 0 Å². The largest absolute Gasteiger partial charge is 0.255 e. The zero-order valence-corrected chi connectivity index (χ0v) is 7.58. The lowest BCUT2D eigenvalue weighted by molar-refractivity contribution is 1.31. The first-order valence-electron chi connectivity index (χ1n) is 3.79. The van der Waals surface area contributed by atoms with E-state index in [9.17, 15) is 0 Å². The average molecular weight is 186 g/mol. The maximum absolute atomic E-state index is 8.57. The van der Waals surface area contributed by atoms with Crippen molar-refractivity contribution in [1.29, 1.82) is 5.26 Å². The van der Waals surface area contributed by atoms with Gasteiger partial charge in [0.15, 0.2) is 0 Å². The third-order valence-corrected chi connectivity index (χ3v) is 2.39. The summed E-state index contributed by atoms with van der Waals surface area (Å²) in [5.41, 5.74) is 2.62. The van der Waals surface area contributed by atoms with Crippen LogP contribution in [0, 0.1) is 11.3 Å². The first-order chi connectivity index (χ1) is 6.40. The van der Waals surface area contributed by atoms with Gasteiger partial charge in [0.25, 0.3) is 0 Å². The molecule has 13 heavy (non-hydrogen) atoms. The van der Waals surface area contributed by atoms with Gasteiger partial charge in [-0.25, -0.2) is 0 Å². The van der Waals surface area contributed by atoms with Crippen molar-refractivity contribution in [1.82, 2.24) is 4.98 Å². The number of hydrogen-bond donors (Lipinski definition) is 0. The fraction of sp³-hybridized carbons (Fsp3) is 0. The second-order valence-corrected chi connectivity index (χ2v) is 3.34. The number of nitriles is 1. The van der Waals surface area contributed by atoms with Crippen molar-refractivity contribution in [3.8, 4) is 17.3 Å². The summed E-state index contributed by atoms with van der Waals surface area (Å²) in [7, 11) is 0. The second kappa shape index (κ2) is 3.38. The summed E-state index contributed by atoms with van der Waals surface area (Å²) in [6.07, 6.45) is 1.59. The van der Waals surface area contributed by atoms with Gasteiger partial charge >= 0.3 is 0 Å². The van der Waals surface area contributed by atoms with Gasteiger partial charge in [-0.1, -0.05) is 0 Å². The summed E-state index contributed by atoms with van der Waals surface area (Å²) in [4.78, 5) is 4.18. The summed E-state index contributed by atoms with van der Waals surface area (Å²) in [5.74, 6) is 0. The summed E-state index contributed by atoms with van der Waals surface area (Å²) < 4.78 is 0. The molecular weight excluding hydrogens is 180 g/mol. The van der Waals surface area contributed by atoms with Gasteiger partial charge in [-0.2, -0.15) is 16.6 Å². The number of pyridine rings is 1. The van der Waals surface area contributed by atoms with E-state index in [1.807, 2.05) is 29.0 Å². The van der Waals surface area contributed by atoms with E-state index < -0.39 is 0 Å². The fourth-order valence-electron chi connectivity index (χ4n) is 1.04. The van der Waals surface area contributed by atoms with E-state index in [-0.39, 0.29) is 0 Å². The Hall–Kier alpha value is -1.66. The summed E-state index contributed by atoms with van der Waals surface area (Å²) >= 11 is 1.64.